The van der Waals surface area contributed by atoms with E-state index in [4.69, 9.17) is 15.2 Å². The van der Waals surface area contributed by atoms with E-state index >= 15 is 0 Å². The summed E-state index contributed by atoms with van der Waals surface area (Å²) < 4.78 is 11.3. The van der Waals surface area contributed by atoms with Gasteiger partial charge in [-0.25, -0.2) is 0 Å². The molecular weight excluding hydrogens is 270 g/mol. The van der Waals surface area contributed by atoms with Crippen LogP contribution in [-0.2, 0) is 4.74 Å². The number of rotatable bonds is 3. The van der Waals surface area contributed by atoms with Gasteiger partial charge in [0, 0.05) is 13.1 Å². The lowest BCUT2D eigenvalue weighted by atomic mass is 9.89. The van der Waals surface area contributed by atoms with E-state index in [0.717, 1.165) is 25.9 Å². The van der Waals surface area contributed by atoms with Crippen LogP contribution in [0.25, 0.3) is 0 Å². The number of nitrogens with two attached hydrogens (primary N) is 1. The highest BCUT2D eigenvalue weighted by Gasteiger charge is 2.22. The predicted molar refractivity (Wildman–Crippen MR) is 79.3 cm³/mol. The largest absolute Gasteiger partial charge is 0.460 e. The van der Waals surface area contributed by atoms with Crippen LogP contribution in [0.3, 0.4) is 0 Å². The van der Waals surface area contributed by atoms with Crippen molar-refractivity contribution in [1.29, 1.82) is 0 Å². The summed E-state index contributed by atoms with van der Waals surface area (Å²) in [5.74, 6) is 1.50. The smallest absolute Gasteiger partial charge is 0.323 e. The molecule has 1 aromatic heterocycles. The van der Waals surface area contributed by atoms with E-state index in [0.29, 0.717) is 31.1 Å². The monoisotopic (exact) mass is 293 g/mol. The normalized spacial score (nSPS) is 26.6. The number of ether oxygens (including phenoxy) is 2. The van der Waals surface area contributed by atoms with Crippen LogP contribution in [0.15, 0.2) is 0 Å². The molecule has 2 atom stereocenters. The molecule has 2 unspecified atom stereocenters. The van der Waals surface area contributed by atoms with Gasteiger partial charge in [0.1, 0.15) is 6.10 Å². The Morgan fingerprint density at radius 2 is 2.00 bits per heavy atom. The first-order chi connectivity index (χ1) is 10.2. The summed E-state index contributed by atoms with van der Waals surface area (Å²) >= 11 is 0. The van der Waals surface area contributed by atoms with E-state index in [9.17, 15) is 0 Å². The zero-order valence-corrected chi connectivity index (χ0v) is 12.5. The van der Waals surface area contributed by atoms with E-state index in [1.165, 1.54) is 12.8 Å². The van der Waals surface area contributed by atoms with Gasteiger partial charge in [-0.15, -0.1) is 0 Å². The highest BCUT2D eigenvalue weighted by atomic mass is 16.5. The van der Waals surface area contributed by atoms with Gasteiger partial charge in [0.25, 0.3) is 0 Å². The number of hydrogen-bond acceptors (Lipinski definition) is 7. The Morgan fingerprint density at radius 1 is 1.19 bits per heavy atom. The molecule has 2 aliphatic rings. The highest BCUT2D eigenvalue weighted by molar-refractivity contribution is 5.36. The zero-order chi connectivity index (χ0) is 14.7. The first kappa shape index (κ1) is 14.3. The summed E-state index contributed by atoms with van der Waals surface area (Å²) in [6, 6.07) is 0.350. The molecule has 1 aliphatic heterocycles. The maximum absolute atomic E-state index is 5.94. The number of anilines is 2. The predicted octanol–water partition coefficient (Wildman–Crippen LogP) is 1.25. The zero-order valence-electron chi connectivity index (χ0n) is 12.5. The number of hydrogen-bond donors (Lipinski definition) is 1. The lowest BCUT2D eigenvalue weighted by Gasteiger charge is -2.28. The molecule has 2 N–H and O–H groups in total. The van der Waals surface area contributed by atoms with Crippen LogP contribution in [0.1, 0.15) is 32.6 Å². The first-order valence-electron chi connectivity index (χ1n) is 7.71. The summed E-state index contributed by atoms with van der Waals surface area (Å²) in [6.45, 7) is 5.16. The van der Waals surface area contributed by atoms with Crippen molar-refractivity contribution in [2.24, 2.45) is 5.92 Å². The Kier molecular flexibility index (Phi) is 4.38. The minimum absolute atomic E-state index is 0.188. The number of nitrogens with zero attached hydrogens (tertiary/aromatic N) is 4. The van der Waals surface area contributed by atoms with Crippen LogP contribution in [0.4, 0.5) is 11.9 Å². The molecule has 7 nitrogen and oxygen atoms in total. The fraction of sp³-hybridized carbons (Fsp3) is 0.786. The maximum atomic E-state index is 5.94. The van der Waals surface area contributed by atoms with Crippen LogP contribution in [-0.4, -0.2) is 47.4 Å². The molecule has 0 amide bonds. The molecule has 116 valence electrons. The van der Waals surface area contributed by atoms with E-state index < -0.39 is 0 Å². The molecule has 7 heteroatoms. The van der Waals surface area contributed by atoms with Crippen molar-refractivity contribution >= 4 is 11.9 Å². The molecule has 2 heterocycles. The third kappa shape index (κ3) is 3.72. The van der Waals surface area contributed by atoms with Gasteiger partial charge in [0.2, 0.25) is 11.9 Å². The average molecular weight is 293 g/mol. The molecule has 1 saturated carbocycles. The summed E-state index contributed by atoms with van der Waals surface area (Å²) in [7, 11) is 0. The molecule has 3 rings (SSSR count). The second kappa shape index (κ2) is 6.43. The Bertz CT molecular complexity index is 478. The molecule has 0 aromatic carbocycles. The fourth-order valence-corrected chi connectivity index (χ4v) is 2.95. The Morgan fingerprint density at radius 3 is 2.76 bits per heavy atom. The molecule has 1 saturated heterocycles. The van der Waals surface area contributed by atoms with Gasteiger partial charge < -0.3 is 20.1 Å². The van der Waals surface area contributed by atoms with Crippen LogP contribution in [0.5, 0.6) is 6.01 Å². The third-order valence-corrected chi connectivity index (χ3v) is 4.07. The molecule has 0 radical (unpaired) electrons. The second-order valence-electron chi connectivity index (χ2n) is 5.89. The lowest BCUT2D eigenvalue weighted by molar-refractivity contribution is 0.115. The van der Waals surface area contributed by atoms with Crippen molar-refractivity contribution in [3.63, 3.8) is 0 Å². The summed E-state index contributed by atoms with van der Waals surface area (Å²) in [6.07, 6.45) is 4.77. The molecule has 1 aliphatic carbocycles. The van der Waals surface area contributed by atoms with Gasteiger partial charge in [0.15, 0.2) is 0 Å². The van der Waals surface area contributed by atoms with Gasteiger partial charge in [-0.2, -0.15) is 15.0 Å². The van der Waals surface area contributed by atoms with Crippen LogP contribution in [0.2, 0.25) is 0 Å². The standard InChI is InChI=1S/C14H23N5O2/c1-10-3-2-4-11(9-10)21-14-17-12(15)16-13(18-14)19-5-7-20-8-6-19/h10-11H,2-9H2,1H3,(H2,15,16,17,18). The van der Waals surface area contributed by atoms with Crippen molar-refractivity contribution in [2.45, 2.75) is 38.7 Å². The molecule has 21 heavy (non-hydrogen) atoms. The van der Waals surface area contributed by atoms with Crippen LogP contribution >= 0.6 is 0 Å². The van der Waals surface area contributed by atoms with Crippen LogP contribution < -0.4 is 15.4 Å². The lowest BCUT2D eigenvalue weighted by Crippen LogP contribution is -2.37. The van der Waals surface area contributed by atoms with Crippen LogP contribution in [0, 0.1) is 5.92 Å². The Balaban J connectivity index is 1.71. The Hall–Kier alpha value is -1.63. The molecule has 0 spiro atoms. The fourth-order valence-electron chi connectivity index (χ4n) is 2.95. The number of aromatic nitrogens is 3. The van der Waals surface area contributed by atoms with Gasteiger partial charge in [-0.1, -0.05) is 13.3 Å². The summed E-state index contributed by atoms with van der Waals surface area (Å²) in [5.41, 5.74) is 5.80. The quantitative estimate of drug-likeness (QED) is 0.897. The van der Waals surface area contributed by atoms with Gasteiger partial charge >= 0.3 is 6.01 Å². The topological polar surface area (TPSA) is 86.4 Å². The summed E-state index contributed by atoms with van der Waals surface area (Å²) in [5, 5.41) is 0. The Labute approximate surface area is 124 Å². The van der Waals surface area contributed by atoms with Crippen molar-refractivity contribution < 1.29 is 9.47 Å². The first-order valence-corrected chi connectivity index (χ1v) is 7.71. The van der Waals surface area contributed by atoms with Gasteiger partial charge in [0.05, 0.1) is 13.2 Å². The molecule has 2 fully saturated rings. The minimum atomic E-state index is 0.188. The van der Waals surface area contributed by atoms with E-state index in [1.807, 2.05) is 0 Å². The molecule has 0 bridgehead atoms. The van der Waals surface area contributed by atoms with Crippen molar-refractivity contribution in [1.82, 2.24) is 15.0 Å². The van der Waals surface area contributed by atoms with Crippen molar-refractivity contribution in [3.8, 4) is 6.01 Å². The number of morpholine rings is 1. The van der Waals surface area contributed by atoms with Gasteiger partial charge in [-0.3, -0.25) is 0 Å². The minimum Gasteiger partial charge on any atom is -0.460 e. The SMILES string of the molecule is CC1CCCC(Oc2nc(N)nc(N3CCOCC3)n2)C1. The van der Waals surface area contributed by atoms with E-state index in [1.54, 1.807) is 0 Å². The molecular formula is C14H23N5O2. The average Bonchev–Trinajstić information content (AvgIpc) is 2.47. The van der Waals surface area contributed by atoms with Gasteiger partial charge in [-0.05, 0) is 25.2 Å². The highest BCUT2D eigenvalue weighted by Crippen LogP contribution is 2.26. The van der Waals surface area contributed by atoms with Crippen molar-refractivity contribution in [3.05, 3.63) is 0 Å². The van der Waals surface area contributed by atoms with E-state index in [-0.39, 0.29) is 12.1 Å². The maximum Gasteiger partial charge on any atom is 0.323 e. The molecule has 1 aromatic rings. The third-order valence-electron chi connectivity index (χ3n) is 4.07. The summed E-state index contributed by atoms with van der Waals surface area (Å²) in [4.78, 5) is 14.8. The number of nitrogen functional groups attached to an aromatic ring is 1. The van der Waals surface area contributed by atoms with E-state index in [2.05, 4.69) is 26.8 Å². The van der Waals surface area contributed by atoms with Crippen molar-refractivity contribution in [2.75, 3.05) is 36.9 Å². The second-order valence-corrected chi connectivity index (χ2v) is 5.89.